The van der Waals surface area contributed by atoms with Gasteiger partial charge in [-0.3, -0.25) is 0 Å². The molecule has 6 heteroatoms. The molecule has 0 aliphatic carbocycles. The standard InChI is InChI=1S/C14H24N4O2/c1-10(2)6-9-18-13(11-4-7-15-8-5-11)12(16-17-18)14(19)20-3/h10-11,15H,4-9H2,1-3H3. The Morgan fingerprint density at radius 2 is 2.15 bits per heavy atom. The highest BCUT2D eigenvalue weighted by Crippen LogP contribution is 2.28. The van der Waals surface area contributed by atoms with Crippen molar-refractivity contribution in [3.05, 3.63) is 11.4 Å². The minimum Gasteiger partial charge on any atom is -0.464 e. The molecule has 20 heavy (non-hydrogen) atoms. The number of ether oxygens (including phenoxy) is 1. The van der Waals surface area contributed by atoms with Crippen LogP contribution in [0.4, 0.5) is 0 Å². The third-order valence-electron chi connectivity index (χ3n) is 3.80. The van der Waals surface area contributed by atoms with E-state index in [2.05, 4.69) is 29.5 Å². The number of aromatic nitrogens is 3. The van der Waals surface area contributed by atoms with Crippen LogP contribution in [0.25, 0.3) is 0 Å². The zero-order valence-corrected chi connectivity index (χ0v) is 12.6. The van der Waals surface area contributed by atoms with Crippen LogP contribution in [0.1, 0.15) is 55.2 Å². The highest BCUT2D eigenvalue weighted by Gasteiger charge is 2.28. The summed E-state index contributed by atoms with van der Waals surface area (Å²) in [6, 6.07) is 0. The number of carbonyl (C=O) groups is 1. The number of carbonyl (C=O) groups excluding carboxylic acids is 1. The van der Waals surface area contributed by atoms with Gasteiger partial charge in [-0.05, 0) is 38.3 Å². The van der Waals surface area contributed by atoms with Crippen molar-refractivity contribution in [2.75, 3.05) is 20.2 Å². The molecule has 0 bridgehead atoms. The van der Waals surface area contributed by atoms with Crippen LogP contribution in [0.5, 0.6) is 0 Å². The lowest BCUT2D eigenvalue weighted by molar-refractivity contribution is 0.0591. The summed E-state index contributed by atoms with van der Waals surface area (Å²) in [4.78, 5) is 11.9. The lowest BCUT2D eigenvalue weighted by Crippen LogP contribution is -2.29. The fourth-order valence-electron chi connectivity index (χ4n) is 2.61. The van der Waals surface area contributed by atoms with Crippen LogP contribution >= 0.6 is 0 Å². The van der Waals surface area contributed by atoms with Gasteiger partial charge in [0.2, 0.25) is 0 Å². The van der Waals surface area contributed by atoms with Gasteiger partial charge in [-0.25, -0.2) is 9.48 Å². The molecule has 1 fully saturated rings. The summed E-state index contributed by atoms with van der Waals surface area (Å²) >= 11 is 0. The molecule has 1 saturated heterocycles. The van der Waals surface area contributed by atoms with E-state index in [1.807, 2.05) is 4.68 Å². The molecular weight excluding hydrogens is 256 g/mol. The van der Waals surface area contributed by atoms with Crippen molar-refractivity contribution < 1.29 is 9.53 Å². The molecule has 1 aliphatic heterocycles. The largest absolute Gasteiger partial charge is 0.464 e. The van der Waals surface area contributed by atoms with Crippen LogP contribution in [-0.4, -0.2) is 41.2 Å². The third-order valence-corrected chi connectivity index (χ3v) is 3.80. The molecule has 0 saturated carbocycles. The molecule has 112 valence electrons. The van der Waals surface area contributed by atoms with Crippen molar-refractivity contribution in [1.82, 2.24) is 20.3 Å². The first-order chi connectivity index (χ1) is 9.63. The first-order valence-electron chi connectivity index (χ1n) is 7.36. The number of esters is 1. The van der Waals surface area contributed by atoms with Gasteiger partial charge in [-0.15, -0.1) is 5.10 Å². The Morgan fingerprint density at radius 1 is 1.45 bits per heavy atom. The second kappa shape index (κ2) is 6.83. The fourth-order valence-corrected chi connectivity index (χ4v) is 2.61. The number of nitrogens with zero attached hydrogens (tertiary/aromatic N) is 3. The summed E-state index contributed by atoms with van der Waals surface area (Å²) in [5.74, 6) is 0.559. The van der Waals surface area contributed by atoms with E-state index >= 15 is 0 Å². The van der Waals surface area contributed by atoms with Crippen molar-refractivity contribution in [2.24, 2.45) is 5.92 Å². The quantitative estimate of drug-likeness (QED) is 0.829. The van der Waals surface area contributed by atoms with Crippen LogP contribution in [0.2, 0.25) is 0 Å². The number of rotatable bonds is 5. The lowest BCUT2D eigenvalue weighted by Gasteiger charge is -2.23. The van der Waals surface area contributed by atoms with Gasteiger partial charge < -0.3 is 10.1 Å². The lowest BCUT2D eigenvalue weighted by atomic mass is 9.93. The minimum atomic E-state index is -0.380. The van der Waals surface area contributed by atoms with E-state index in [1.165, 1.54) is 7.11 Å². The van der Waals surface area contributed by atoms with Crippen LogP contribution in [0.15, 0.2) is 0 Å². The summed E-state index contributed by atoms with van der Waals surface area (Å²) in [5.41, 5.74) is 1.35. The van der Waals surface area contributed by atoms with Crippen LogP contribution in [0, 0.1) is 5.92 Å². The van der Waals surface area contributed by atoms with E-state index in [1.54, 1.807) is 0 Å². The molecule has 6 nitrogen and oxygen atoms in total. The maximum Gasteiger partial charge on any atom is 0.360 e. The predicted molar refractivity (Wildman–Crippen MR) is 75.7 cm³/mol. The molecule has 0 radical (unpaired) electrons. The van der Waals surface area contributed by atoms with Gasteiger partial charge >= 0.3 is 5.97 Å². The highest BCUT2D eigenvalue weighted by molar-refractivity contribution is 5.88. The molecular formula is C14H24N4O2. The topological polar surface area (TPSA) is 69.0 Å². The number of piperidine rings is 1. The molecule has 0 unspecified atom stereocenters. The number of hydrogen-bond donors (Lipinski definition) is 1. The minimum absolute atomic E-state index is 0.340. The smallest absolute Gasteiger partial charge is 0.360 e. The van der Waals surface area contributed by atoms with Gasteiger partial charge in [0.05, 0.1) is 12.8 Å². The average Bonchev–Trinajstić information content (AvgIpc) is 2.89. The van der Waals surface area contributed by atoms with E-state index in [9.17, 15) is 4.79 Å². The Bertz CT molecular complexity index is 450. The zero-order chi connectivity index (χ0) is 14.5. The monoisotopic (exact) mass is 280 g/mol. The maximum atomic E-state index is 11.9. The van der Waals surface area contributed by atoms with Gasteiger partial charge in [0.15, 0.2) is 5.69 Å². The molecule has 1 aromatic rings. The van der Waals surface area contributed by atoms with Crippen molar-refractivity contribution in [3.8, 4) is 0 Å². The van der Waals surface area contributed by atoms with E-state index in [-0.39, 0.29) is 5.97 Å². The summed E-state index contributed by atoms with van der Waals surface area (Å²) in [7, 11) is 1.39. The Hall–Kier alpha value is -1.43. The molecule has 1 N–H and O–H groups in total. The Kier molecular flexibility index (Phi) is 5.11. The van der Waals surface area contributed by atoms with E-state index in [0.717, 1.165) is 44.6 Å². The first-order valence-corrected chi connectivity index (χ1v) is 7.36. The van der Waals surface area contributed by atoms with Crippen molar-refractivity contribution in [1.29, 1.82) is 0 Å². The normalized spacial score (nSPS) is 16.6. The van der Waals surface area contributed by atoms with Crippen LogP contribution < -0.4 is 5.32 Å². The zero-order valence-electron chi connectivity index (χ0n) is 12.6. The third kappa shape index (κ3) is 3.36. The first kappa shape index (κ1) is 15.0. The second-order valence-corrected chi connectivity index (χ2v) is 5.74. The molecule has 2 rings (SSSR count). The van der Waals surface area contributed by atoms with Gasteiger partial charge in [0.1, 0.15) is 0 Å². The predicted octanol–water partition coefficient (Wildman–Crippen LogP) is 1.58. The summed E-state index contributed by atoms with van der Waals surface area (Å²) < 4.78 is 6.74. The Balaban J connectivity index is 2.26. The number of hydrogen-bond acceptors (Lipinski definition) is 5. The van der Waals surface area contributed by atoms with E-state index < -0.39 is 0 Å². The second-order valence-electron chi connectivity index (χ2n) is 5.74. The number of aryl methyl sites for hydroxylation is 1. The van der Waals surface area contributed by atoms with Crippen molar-refractivity contribution in [2.45, 2.75) is 45.6 Å². The van der Waals surface area contributed by atoms with Crippen molar-refractivity contribution >= 4 is 5.97 Å². The Morgan fingerprint density at radius 3 is 2.75 bits per heavy atom. The fraction of sp³-hybridized carbons (Fsp3) is 0.786. The summed E-state index contributed by atoms with van der Waals surface area (Å²) in [6.45, 7) is 7.12. The van der Waals surface area contributed by atoms with E-state index in [4.69, 9.17) is 4.74 Å². The van der Waals surface area contributed by atoms with Gasteiger partial charge in [-0.1, -0.05) is 19.1 Å². The molecule has 1 aromatic heterocycles. The van der Waals surface area contributed by atoms with Gasteiger partial charge in [-0.2, -0.15) is 0 Å². The van der Waals surface area contributed by atoms with Crippen molar-refractivity contribution in [3.63, 3.8) is 0 Å². The number of methoxy groups -OCH3 is 1. The van der Waals surface area contributed by atoms with Gasteiger partial charge in [0.25, 0.3) is 0 Å². The SMILES string of the molecule is COC(=O)c1nnn(CCC(C)C)c1C1CCNCC1. The maximum absolute atomic E-state index is 11.9. The molecule has 0 atom stereocenters. The molecule has 0 aromatic carbocycles. The summed E-state index contributed by atoms with van der Waals surface area (Å²) in [6.07, 6.45) is 3.06. The Labute approximate surface area is 119 Å². The summed E-state index contributed by atoms with van der Waals surface area (Å²) in [5, 5.41) is 11.6. The van der Waals surface area contributed by atoms with E-state index in [0.29, 0.717) is 17.5 Å². The van der Waals surface area contributed by atoms with Crippen LogP contribution in [-0.2, 0) is 11.3 Å². The molecule has 0 spiro atoms. The highest BCUT2D eigenvalue weighted by atomic mass is 16.5. The van der Waals surface area contributed by atoms with Crippen LogP contribution in [0.3, 0.4) is 0 Å². The molecule has 2 heterocycles. The molecule has 0 amide bonds. The average molecular weight is 280 g/mol. The number of nitrogens with one attached hydrogen (secondary N) is 1. The molecule has 1 aliphatic rings. The van der Waals surface area contributed by atoms with Gasteiger partial charge in [0, 0.05) is 12.5 Å².